The number of carbonyl (C=O) groups excluding carboxylic acids is 1. The third-order valence-corrected chi connectivity index (χ3v) is 5.52. The Bertz CT molecular complexity index is 692. The molecule has 1 aliphatic carbocycles. The van der Waals surface area contributed by atoms with Gasteiger partial charge >= 0.3 is 0 Å². The van der Waals surface area contributed by atoms with E-state index in [4.69, 9.17) is 0 Å². The van der Waals surface area contributed by atoms with Crippen molar-refractivity contribution in [1.29, 1.82) is 0 Å². The first-order valence-corrected chi connectivity index (χ1v) is 8.47. The largest absolute Gasteiger partial charge is 0.345 e. The minimum atomic E-state index is 0.184. The van der Waals surface area contributed by atoms with Crippen LogP contribution in [-0.2, 0) is 0 Å². The first kappa shape index (κ1) is 13.8. The number of nitrogens with zero attached hydrogens (tertiary/aromatic N) is 2. The number of fused-ring (bicyclic) bond motifs is 2. The highest BCUT2D eigenvalue weighted by Crippen LogP contribution is 2.38. The number of rotatable bonds is 1. The third-order valence-electron chi connectivity index (χ3n) is 5.52. The SMILES string of the molecule is C[C@@H]1CC[C@@H]2[C@@H](CCCN2C(=O)c2c[nH]c3ncccc23)C1. The highest BCUT2D eigenvalue weighted by atomic mass is 16.2. The molecule has 0 bridgehead atoms. The van der Waals surface area contributed by atoms with Gasteiger partial charge in [0.2, 0.25) is 0 Å². The second-order valence-electron chi connectivity index (χ2n) is 6.99. The third kappa shape index (κ3) is 2.21. The summed E-state index contributed by atoms with van der Waals surface area (Å²) in [6.45, 7) is 3.25. The van der Waals surface area contributed by atoms with Gasteiger partial charge in [0.15, 0.2) is 0 Å². The molecule has 1 aliphatic heterocycles. The Morgan fingerprint density at radius 2 is 2.27 bits per heavy atom. The van der Waals surface area contributed by atoms with Crippen LogP contribution in [0.5, 0.6) is 0 Å². The summed E-state index contributed by atoms with van der Waals surface area (Å²) in [5.41, 5.74) is 1.58. The maximum Gasteiger partial charge on any atom is 0.256 e. The monoisotopic (exact) mass is 297 g/mol. The van der Waals surface area contributed by atoms with E-state index in [1.54, 1.807) is 6.20 Å². The lowest BCUT2D eigenvalue weighted by Crippen LogP contribution is -2.50. The average molecular weight is 297 g/mol. The van der Waals surface area contributed by atoms with Crippen LogP contribution in [0.4, 0.5) is 0 Å². The van der Waals surface area contributed by atoms with Crippen LogP contribution >= 0.6 is 0 Å². The number of aromatic nitrogens is 2. The standard InChI is InChI=1S/C18H23N3O/c1-12-6-7-16-13(10-12)4-3-9-21(16)18(22)15-11-20-17-14(15)5-2-8-19-17/h2,5,8,11-13,16H,3-4,6-7,9-10H2,1H3,(H,19,20)/t12-,13+,16-/m1/s1. The Morgan fingerprint density at radius 1 is 1.36 bits per heavy atom. The molecule has 1 saturated carbocycles. The maximum absolute atomic E-state index is 13.1. The van der Waals surface area contributed by atoms with E-state index < -0.39 is 0 Å². The van der Waals surface area contributed by atoms with Gasteiger partial charge in [0.05, 0.1) is 5.56 Å². The lowest BCUT2D eigenvalue weighted by Gasteiger charge is -2.45. The molecule has 4 heteroatoms. The van der Waals surface area contributed by atoms with Gasteiger partial charge in [0, 0.05) is 30.4 Å². The molecule has 0 spiro atoms. The van der Waals surface area contributed by atoms with Crippen LogP contribution in [0, 0.1) is 11.8 Å². The molecule has 2 fully saturated rings. The molecule has 22 heavy (non-hydrogen) atoms. The van der Waals surface area contributed by atoms with E-state index in [9.17, 15) is 4.79 Å². The number of hydrogen-bond acceptors (Lipinski definition) is 2. The van der Waals surface area contributed by atoms with Gasteiger partial charge in [-0.05, 0) is 56.1 Å². The second kappa shape index (κ2) is 5.41. The van der Waals surface area contributed by atoms with E-state index in [1.807, 2.05) is 18.3 Å². The smallest absolute Gasteiger partial charge is 0.256 e. The number of carbonyl (C=O) groups is 1. The van der Waals surface area contributed by atoms with Gasteiger partial charge in [-0.3, -0.25) is 4.79 Å². The van der Waals surface area contributed by atoms with E-state index in [1.165, 1.54) is 19.3 Å². The normalized spacial score (nSPS) is 28.6. The number of hydrogen-bond donors (Lipinski definition) is 1. The van der Waals surface area contributed by atoms with Gasteiger partial charge < -0.3 is 9.88 Å². The minimum absolute atomic E-state index is 0.184. The fourth-order valence-corrected chi connectivity index (χ4v) is 4.43. The zero-order valence-electron chi connectivity index (χ0n) is 13.1. The van der Waals surface area contributed by atoms with Crippen molar-refractivity contribution >= 4 is 16.9 Å². The van der Waals surface area contributed by atoms with E-state index in [2.05, 4.69) is 21.8 Å². The molecule has 1 amide bonds. The summed E-state index contributed by atoms with van der Waals surface area (Å²) in [6.07, 6.45) is 9.71. The predicted octanol–water partition coefficient (Wildman–Crippen LogP) is 3.60. The molecule has 1 saturated heterocycles. The first-order chi connectivity index (χ1) is 10.7. The van der Waals surface area contributed by atoms with Crippen molar-refractivity contribution < 1.29 is 4.79 Å². The van der Waals surface area contributed by atoms with Gasteiger partial charge in [-0.15, -0.1) is 0 Å². The lowest BCUT2D eigenvalue weighted by molar-refractivity contribution is 0.0323. The summed E-state index contributed by atoms with van der Waals surface area (Å²) in [4.78, 5) is 22.7. The van der Waals surface area contributed by atoms with Crippen LogP contribution in [-0.4, -0.2) is 33.4 Å². The fraction of sp³-hybridized carbons (Fsp3) is 0.556. The molecule has 116 valence electrons. The lowest BCUT2D eigenvalue weighted by atomic mass is 9.74. The molecule has 4 rings (SSSR count). The predicted molar refractivity (Wildman–Crippen MR) is 86.7 cm³/mol. The number of pyridine rings is 1. The highest BCUT2D eigenvalue weighted by molar-refractivity contribution is 6.06. The van der Waals surface area contributed by atoms with E-state index in [0.717, 1.165) is 41.9 Å². The van der Waals surface area contributed by atoms with Crippen molar-refractivity contribution in [3.8, 4) is 0 Å². The van der Waals surface area contributed by atoms with Crippen LogP contribution in [0.25, 0.3) is 11.0 Å². The number of amides is 1. The van der Waals surface area contributed by atoms with Crippen LogP contribution in [0.3, 0.4) is 0 Å². The van der Waals surface area contributed by atoms with Gasteiger partial charge in [0.1, 0.15) is 5.65 Å². The molecule has 0 aromatic carbocycles. The molecule has 2 aromatic heterocycles. The zero-order chi connectivity index (χ0) is 15.1. The molecule has 2 aliphatic rings. The molecule has 3 heterocycles. The fourth-order valence-electron chi connectivity index (χ4n) is 4.43. The summed E-state index contributed by atoms with van der Waals surface area (Å²) in [7, 11) is 0. The topological polar surface area (TPSA) is 49.0 Å². The Morgan fingerprint density at radius 3 is 3.18 bits per heavy atom. The number of H-pyrrole nitrogens is 1. The van der Waals surface area contributed by atoms with Crippen molar-refractivity contribution in [2.24, 2.45) is 11.8 Å². The molecular formula is C18H23N3O. The van der Waals surface area contributed by atoms with Gasteiger partial charge in [0.25, 0.3) is 5.91 Å². The molecule has 4 nitrogen and oxygen atoms in total. The Balaban J connectivity index is 1.64. The molecule has 1 N–H and O–H groups in total. The number of aromatic amines is 1. The molecular weight excluding hydrogens is 274 g/mol. The summed E-state index contributed by atoms with van der Waals surface area (Å²) >= 11 is 0. The number of piperidine rings is 1. The Hall–Kier alpha value is -1.84. The Labute approximate surface area is 130 Å². The van der Waals surface area contributed by atoms with Gasteiger partial charge in [-0.1, -0.05) is 6.92 Å². The molecule has 2 aromatic rings. The van der Waals surface area contributed by atoms with E-state index in [0.29, 0.717) is 12.0 Å². The van der Waals surface area contributed by atoms with Gasteiger partial charge in [-0.25, -0.2) is 4.98 Å². The van der Waals surface area contributed by atoms with E-state index in [-0.39, 0.29) is 5.91 Å². The average Bonchev–Trinajstić information content (AvgIpc) is 2.97. The van der Waals surface area contributed by atoms with Crippen molar-refractivity contribution in [1.82, 2.24) is 14.9 Å². The van der Waals surface area contributed by atoms with E-state index >= 15 is 0 Å². The second-order valence-corrected chi connectivity index (χ2v) is 6.99. The summed E-state index contributed by atoms with van der Waals surface area (Å²) in [6, 6.07) is 4.32. The number of likely N-dealkylation sites (tertiary alicyclic amines) is 1. The van der Waals surface area contributed by atoms with Crippen LogP contribution < -0.4 is 0 Å². The summed E-state index contributed by atoms with van der Waals surface area (Å²) in [5, 5.41) is 0.943. The Kier molecular flexibility index (Phi) is 3.40. The van der Waals surface area contributed by atoms with Crippen LogP contribution in [0.15, 0.2) is 24.5 Å². The molecule has 3 atom stereocenters. The van der Waals surface area contributed by atoms with Crippen molar-refractivity contribution in [3.63, 3.8) is 0 Å². The zero-order valence-corrected chi connectivity index (χ0v) is 13.1. The first-order valence-electron chi connectivity index (χ1n) is 8.47. The minimum Gasteiger partial charge on any atom is -0.345 e. The van der Waals surface area contributed by atoms with Crippen molar-refractivity contribution in [2.75, 3.05) is 6.54 Å². The number of nitrogens with one attached hydrogen (secondary N) is 1. The van der Waals surface area contributed by atoms with Crippen molar-refractivity contribution in [3.05, 3.63) is 30.1 Å². The van der Waals surface area contributed by atoms with Crippen molar-refractivity contribution in [2.45, 2.75) is 45.1 Å². The van der Waals surface area contributed by atoms with Gasteiger partial charge in [-0.2, -0.15) is 0 Å². The summed E-state index contributed by atoms with van der Waals surface area (Å²) in [5.74, 6) is 1.70. The maximum atomic E-state index is 13.1. The van der Waals surface area contributed by atoms with Crippen LogP contribution in [0.2, 0.25) is 0 Å². The quantitative estimate of drug-likeness (QED) is 0.874. The summed E-state index contributed by atoms with van der Waals surface area (Å²) < 4.78 is 0. The molecule has 0 radical (unpaired) electrons. The van der Waals surface area contributed by atoms with Crippen LogP contribution in [0.1, 0.15) is 49.4 Å². The highest BCUT2D eigenvalue weighted by Gasteiger charge is 2.38. The molecule has 0 unspecified atom stereocenters.